The van der Waals surface area contributed by atoms with Crippen LogP contribution in [0.25, 0.3) is 0 Å². The molecule has 0 atom stereocenters. The van der Waals surface area contributed by atoms with Crippen molar-refractivity contribution in [2.75, 3.05) is 19.8 Å². The first-order chi connectivity index (χ1) is 11.8. The fourth-order valence-electron chi connectivity index (χ4n) is 3.06. The van der Waals surface area contributed by atoms with Gasteiger partial charge in [0, 0.05) is 25.3 Å². The molecular formula is C19H28BNO4. The molecule has 0 aliphatic carbocycles. The number of amides is 1. The molecule has 0 saturated carbocycles. The lowest BCUT2D eigenvalue weighted by atomic mass is 9.79. The van der Waals surface area contributed by atoms with E-state index < -0.39 is 7.12 Å². The summed E-state index contributed by atoms with van der Waals surface area (Å²) in [5.74, 6) is 0.480. The molecule has 2 saturated heterocycles. The van der Waals surface area contributed by atoms with Gasteiger partial charge in [0.1, 0.15) is 0 Å². The van der Waals surface area contributed by atoms with Gasteiger partial charge in [-0.05, 0) is 64.1 Å². The zero-order chi connectivity index (χ0) is 18.1. The molecule has 2 heterocycles. The maximum absolute atomic E-state index is 12.3. The number of benzene rings is 1. The summed E-state index contributed by atoms with van der Waals surface area (Å²) in [4.78, 5) is 12.3. The number of hydrogen-bond donors (Lipinski definition) is 1. The molecule has 1 N–H and O–H groups in total. The summed E-state index contributed by atoms with van der Waals surface area (Å²) in [6.07, 6.45) is 2.03. The molecule has 1 aromatic carbocycles. The summed E-state index contributed by atoms with van der Waals surface area (Å²) in [7, 11) is -0.399. The van der Waals surface area contributed by atoms with Gasteiger partial charge in [-0.3, -0.25) is 4.79 Å². The average Bonchev–Trinajstić information content (AvgIpc) is 2.81. The van der Waals surface area contributed by atoms with Crippen LogP contribution in [0.5, 0.6) is 0 Å². The maximum atomic E-state index is 12.3. The van der Waals surface area contributed by atoms with E-state index in [9.17, 15) is 4.79 Å². The lowest BCUT2D eigenvalue weighted by Gasteiger charge is -2.32. The Balaban J connectivity index is 1.58. The van der Waals surface area contributed by atoms with Crippen molar-refractivity contribution in [3.05, 3.63) is 29.8 Å². The quantitative estimate of drug-likeness (QED) is 0.850. The van der Waals surface area contributed by atoms with E-state index in [-0.39, 0.29) is 17.1 Å². The van der Waals surface area contributed by atoms with Crippen molar-refractivity contribution >= 4 is 18.5 Å². The number of carbonyl (C=O) groups excluding carboxylic acids is 1. The lowest BCUT2D eigenvalue weighted by molar-refractivity contribution is 0.00578. The molecule has 0 aromatic heterocycles. The SMILES string of the molecule is CC1(C)OB(c2ccc(C(=O)NCC3CCOCC3)cc2)OC1(C)C. The van der Waals surface area contributed by atoms with Crippen LogP contribution >= 0.6 is 0 Å². The second-order valence-corrected chi connectivity index (χ2v) is 7.98. The summed E-state index contributed by atoms with van der Waals surface area (Å²) in [5, 5.41) is 3.03. The minimum absolute atomic E-state index is 0.0352. The van der Waals surface area contributed by atoms with Crippen molar-refractivity contribution in [1.29, 1.82) is 0 Å². The van der Waals surface area contributed by atoms with Gasteiger partial charge < -0.3 is 19.4 Å². The molecular weight excluding hydrogens is 317 g/mol. The molecule has 1 amide bonds. The fraction of sp³-hybridized carbons (Fsp3) is 0.632. The van der Waals surface area contributed by atoms with E-state index in [0.717, 1.165) is 31.5 Å². The number of rotatable bonds is 4. The monoisotopic (exact) mass is 345 g/mol. The third-order valence-corrected chi connectivity index (χ3v) is 5.59. The topological polar surface area (TPSA) is 56.8 Å². The zero-order valence-corrected chi connectivity index (χ0v) is 15.6. The van der Waals surface area contributed by atoms with Crippen LogP contribution in [0.15, 0.2) is 24.3 Å². The minimum Gasteiger partial charge on any atom is -0.399 e. The Morgan fingerprint density at radius 3 is 2.20 bits per heavy atom. The number of nitrogens with one attached hydrogen (secondary N) is 1. The molecule has 2 fully saturated rings. The second kappa shape index (κ2) is 7.10. The largest absolute Gasteiger partial charge is 0.494 e. The van der Waals surface area contributed by atoms with Crippen LogP contribution in [0.3, 0.4) is 0 Å². The Labute approximate surface area is 150 Å². The number of carbonyl (C=O) groups is 1. The van der Waals surface area contributed by atoms with Gasteiger partial charge in [0.05, 0.1) is 11.2 Å². The van der Waals surface area contributed by atoms with Crippen LogP contribution in [0, 0.1) is 5.92 Å². The fourth-order valence-corrected chi connectivity index (χ4v) is 3.06. The van der Waals surface area contributed by atoms with Crippen molar-refractivity contribution in [2.45, 2.75) is 51.7 Å². The molecule has 25 heavy (non-hydrogen) atoms. The highest BCUT2D eigenvalue weighted by atomic mass is 16.7. The predicted molar refractivity (Wildman–Crippen MR) is 98.0 cm³/mol. The van der Waals surface area contributed by atoms with Crippen LogP contribution in [-0.4, -0.2) is 44.0 Å². The van der Waals surface area contributed by atoms with E-state index in [0.29, 0.717) is 18.0 Å². The van der Waals surface area contributed by atoms with E-state index >= 15 is 0 Å². The third kappa shape index (κ3) is 4.07. The number of ether oxygens (including phenoxy) is 1. The predicted octanol–water partition coefficient (Wildman–Crippen LogP) is 2.14. The molecule has 5 nitrogen and oxygen atoms in total. The van der Waals surface area contributed by atoms with Gasteiger partial charge in [0.25, 0.3) is 5.91 Å². The van der Waals surface area contributed by atoms with Crippen molar-refractivity contribution in [2.24, 2.45) is 5.92 Å². The van der Waals surface area contributed by atoms with E-state index in [1.165, 1.54) is 0 Å². The first kappa shape index (κ1) is 18.4. The Kier molecular flexibility index (Phi) is 5.23. The molecule has 0 radical (unpaired) electrons. The van der Waals surface area contributed by atoms with Gasteiger partial charge in [-0.15, -0.1) is 0 Å². The van der Waals surface area contributed by atoms with Crippen LogP contribution in [0.1, 0.15) is 50.9 Å². The molecule has 1 aromatic rings. The van der Waals surface area contributed by atoms with Crippen LogP contribution in [-0.2, 0) is 14.0 Å². The summed E-state index contributed by atoms with van der Waals surface area (Å²) >= 11 is 0. The normalized spacial score (nSPS) is 22.8. The van der Waals surface area contributed by atoms with Gasteiger partial charge in [-0.2, -0.15) is 0 Å². The van der Waals surface area contributed by atoms with E-state index in [2.05, 4.69) is 5.32 Å². The smallest absolute Gasteiger partial charge is 0.399 e. The number of hydrogen-bond acceptors (Lipinski definition) is 4. The maximum Gasteiger partial charge on any atom is 0.494 e. The van der Waals surface area contributed by atoms with Gasteiger partial charge in [-0.1, -0.05) is 12.1 Å². The minimum atomic E-state index is -0.399. The molecule has 0 unspecified atom stereocenters. The van der Waals surface area contributed by atoms with Crippen LogP contribution < -0.4 is 10.8 Å². The summed E-state index contributed by atoms with van der Waals surface area (Å²) in [6.45, 7) is 10.4. The Bertz CT molecular complexity index is 592. The molecule has 2 aliphatic heterocycles. The van der Waals surface area contributed by atoms with Crippen molar-refractivity contribution in [1.82, 2.24) is 5.32 Å². The van der Waals surface area contributed by atoms with Gasteiger partial charge in [-0.25, -0.2) is 0 Å². The highest BCUT2D eigenvalue weighted by Gasteiger charge is 2.51. The first-order valence-corrected chi connectivity index (χ1v) is 9.10. The molecule has 0 spiro atoms. The van der Waals surface area contributed by atoms with E-state index in [1.807, 2.05) is 52.0 Å². The highest BCUT2D eigenvalue weighted by Crippen LogP contribution is 2.36. The summed E-state index contributed by atoms with van der Waals surface area (Å²) < 4.78 is 17.4. The van der Waals surface area contributed by atoms with Crippen molar-refractivity contribution in [3.8, 4) is 0 Å². The van der Waals surface area contributed by atoms with Crippen LogP contribution in [0.2, 0.25) is 0 Å². The Morgan fingerprint density at radius 1 is 1.08 bits per heavy atom. The molecule has 2 aliphatic rings. The second-order valence-electron chi connectivity index (χ2n) is 7.98. The van der Waals surface area contributed by atoms with E-state index in [4.69, 9.17) is 14.0 Å². The van der Waals surface area contributed by atoms with Gasteiger partial charge in [0.15, 0.2) is 0 Å². The highest BCUT2D eigenvalue weighted by molar-refractivity contribution is 6.62. The Morgan fingerprint density at radius 2 is 1.64 bits per heavy atom. The third-order valence-electron chi connectivity index (χ3n) is 5.59. The standard InChI is InChI=1S/C19H28BNO4/c1-18(2)19(3,4)25-20(24-18)16-7-5-15(6-8-16)17(22)21-13-14-9-11-23-12-10-14/h5-8,14H,9-13H2,1-4H3,(H,21,22). The zero-order valence-electron chi connectivity index (χ0n) is 15.6. The summed E-state index contributed by atoms with van der Waals surface area (Å²) in [5.41, 5.74) is 0.862. The lowest BCUT2D eigenvalue weighted by Crippen LogP contribution is -2.41. The van der Waals surface area contributed by atoms with Crippen LogP contribution in [0.4, 0.5) is 0 Å². The van der Waals surface area contributed by atoms with Gasteiger partial charge >= 0.3 is 7.12 Å². The van der Waals surface area contributed by atoms with Crippen molar-refractivity contribution < 1.29 is 18.8 Å². The molecule has 136 valence electrons. The summed E-state index contributed by atoms with van der Waals surface area (Å²) in [6, 6.07) is 7.48. The Hall–Kier alpha value is -1.37. The van der Waals surface area contributed by atoms with Crippen molar-refractivity contribution in [3.63, 3.8) is 0 Å². The van der Waals surface area contributed by atoms with E-state index in [1.54, 1.807) is 0 Å². The molecule has 0 bridgehead atoms. The average molecular weight is 345 g/mol. The first-order valence-electron chi connectivity index (χ1n) is 9.10. The molecule has 6 heteroatoms. The van der Waals surface area contributed by atoms with Gasteiger partial charge in [0.2, 0.25) is 0 Å². The molecule has 3 rings (SSSR count).